The van der Waals surface area contributed by atoms with Crippen LogP contribution in [-0.4, -0.2) is 30.6 Å². The number of hydrogen-bond donors (Lipinski definition) is 1. The van der Waals surface area contributed by atoms with Crippen LogP contribution in [0, 0.1) is 0 Å². The molecule has 1 aromatic heterocycles. The standard InChI is InChI=1S/C17H22N2O2S/c1-3-19(4-2)15(16-11-8-12-22-16)13-18-17(20)21-14-9-6-5-7-10-14/h5-12,15H,3-4,13H2,1-2H3,(H,18,20). The molecule has 0 aliphatic heterocycles. The number of para-hydroxylation sites is 1. The number of carbonyl (C=O) groups excluding carboxylic acids is 1. The van der Waals surface area contributed by atoms with Gasteiger partial charge in [0, 0.05) is 11.4 Å². The van der Waals surface area contributed by atoms with Crippen LogP contribution in [0.4, 0.5) is 4.79 Å². The lowest BCUT2D eigenvalue weighted by atomic mass is 10.2. The smallest absolute Gasteiger partial charge is 0.410 e. The largest absolute Gasteiger partial charge is 0.412 e. The van der Waals surface area contributed by atoms with Crippen molar-refractivity contribution >= 4 is 17.4 Å². The second kappa shape index (κ2) is 8.56. The molecule has 2 aromatic rings. The number of carbonyl (C=O) groups is 1. The van der Waals surface area contributed by atoms with Gasteiger partial charge in [-0.2, -0.15) is 0 Å². The van der Waals surface area contributed by atoms with E-state index in [4.69, 9.17) is 4.74 Å². The van der Waals surface area contributed by atoms with Crippen LogP contribution in [0.5, 0.6) is 5.75 Å². The highest BCUT2D eigenvalue weighted by Gasteiger charge is 2.20. The second-order valence-electron chi connectivity index (χ2n) is 4.84. The molecule has 0 radical (unpaired) electrons. The van der Waals surface area contributed by atoms with Crippen LogP contribution in [0.15, 0.2) is 47.8 Å². The number of nitrogens with one attached hydrogen (secondary N) is 1. The van der Waals surface area contributed by atoms with Crippen molar-refractivity contribution in [2.75, 3.05) is 19.6 Å². The van der Waals surface area contributed by atoms with Crippen LogP contribution in [0.3, 0.4) is 0 Å². The Balaban J connectivity index is 1.95. The van der Waals surface area contributed by atoms with E-state index >= 15 is 0 Å². The van der Waals surface area contributed by atoms with Crippen molar-refractivity contribution < 1.29 is 9.53 Å². The molecule has 0 saturated heterocycles. The Labute approximate surface area is 135 Å². The molecule has 0 fully saturated rings. The maximum atomic E-state index is 11.9. The van der Waals surface area contributed by atoms with E-state index in [-0.39, 0.29) is 6.04 Å². The van der Waals surface area contributed by atoms with Gasteiger partial charge >= 0.3 is 6.09 Å². The van der Waals surface area contributed by atoms with Crippen LogP contribution < -0.4 is 10.1 Å². The molecule has 0 aliphatic carbocycles. The summed E-state index contributed by atoms with van der Waals surface area (Å²) in [6.45, 7) is 6.68. The Bertz CT molecular complexity index is 553. The number of nitrogens with zero attached hydrogens (tertiary/aromatic N) is 1. The maximum Gasteiger partial charge on any atom is 0.412 e. The lowest BCUT2D eigenvalue weighted by Crippen LogP contribution is -2.38. The van der Waals surface area contributed by atoms with Crippen LogP contribution >= 0.6 is 11.3 Å². The molecule has 1 aromatic carbocycles. The molecule has 1 amide bonds. The van der Waals surface area contributed by atoms with Crippen molar-refractivity contribution in [1.82, 2.24) is 10.2 Å². The van der Waals surface area contributed by atoms with Gasteiger partial charge in [0.05, 0.1) is 6.04 Å². The van der Waals surface area contributed by atoms with Crippen molar-refractivity contribution in [3.63, 3.8) is 0 Å². The van der Waals surface area contributed by atoms with E-state index in [9.17, 15) is 4.79 Å². The molecule has 1 atom stereocenters. The van der Waals surface area contributed by atoms with Gasteiger partial charge in [0.25, 0.3) is 0 Å². The monoisotopic (exact) mass is 318 g/mol. The zero-order valence-corrected chi connectivity index (χ0v) is 13.8. The topological polar surface area (TPSA) is 41.6 Å². The summed E-state index contributed by atoms with van der Waals surface area (Å²) < 4.78 is 5.26. The first-order chi connectivity index (χ1) is 10.7. The summed E-state index contributed by atoms with van der Waals surface area (Å²) in [5.74, 6) is 0.551. The van der Waals surface area contributed by atoms with Gasteiger partial charge in [0.2, 0.25) is 0 Å². The molecule has 0 aliphatic rings. The van der Waals surface area contributed by atoms with E-state index in [0.29, 0.717) is 12.3 Å². The van der Waals surface area contributed by atoms with Crippen LogP contribution in [-0.2, 0) is 0 Å². The van der Waals surface area contributed by atoms with Gasteiger partial charge in [-0.3, -0.25) is 4.90 Å². The molecular formula is C17H22N2O2S. The molecule has 1 heterocycles. The fourth-order valence-corrected chi connectivity index (χ4v) is 3.23. The summed E-state index contributed by atoms with van der Waals surface area (Å²) in [5, 5.41) is 4.94. The predicted molar refractivity (Wildman–Crippen MR) is 90.4 cm³/mol. The first kappa shape index (κ1) is 16.5. The van der Waals surface area contributed by atoms with Crippen molar-refractivity contribution in [1.29, 1.82) is 0 Å². The molecule has 2 rings (SSSR count). The molecule has 118 valence electrons. The number of amides is 1. The van der Waals surface area contributed by atoms with Crippen LogP contribution in [0.2, 0.25) is 0 Å². The summed E-state index contributed by atoms with van der Waals surface area (Å²) in [6.07, 6.45) is -0.417. The summed E-state index contributed by atoms with van der Waals surface area (Å²) >= 11 is 1.71. The third-order valence-electron chi connectivity index (χ3n) is 3.52. The lowest BCUT2D eigenvalue weighted by Gasteiger charge is -2.28. The Morgan fingerprint density at radius 3 is 2.50 bits per heavy atom. The van der Waals surface area contributed by atoms with Gasteiger partial charge in [-0.05, 0) is 36.7 Å². The highest BCUT2D eigenvalue weighted by Crippen LogP contribution is 2.24. The SMILES string of the molecule is CCN(CC)C(CNC(=O)Oc1ccccc1)c1cccs1. The van der Waals surface area contributed by atoms with E-state index in [2.05, 4.69) is 35.5 Å². The minimum Gasteiger partial charge on any atom is -0.410 e. The fourth-order valence-electron chi connectivity index (χ4n) is 2.37. The minimum atomic E-state index is -0.417. The highest BCUT2D eigenvalue weighted by molar-refractivity contribution is 7.10. The fraction of sp³-hybridized carbons (Fsp3) is 0.353. The van der Waals surface area contributed by atoms with Crippen molar-refractivity contribution in [3.8, 4) is 5.75 Å². The maximum absolute atomic E-state index is 11.9. The van der Waals surface area contributed by atoms with Gasteiger partial charge in [-0.15, -0.1) is 11.3 Å². The highest BCUT2D eigenvalue weighted by atomic mass is 32.1. The zero-order valence-electron chi connectivity index (χ0n) is 13.0. The molecule has 5 heteroatoms. The van der Waals surface area contributed by atoms with Gasteiger partial charge in [0.1, 0.15) is 5.75 Å². The summed E-state index contributed by atoms with van der Waals surface area (Å²) in [7, 11) is 0. The second-order valence-corrected chi connectivity index (χ2v) is 5.82. The Hall–Kier alpha value is -1.85. The molecule has 0 bridgehead atoms. The van der Waals surface area contributed by atoms with E-state index in [1.165, 1.54) is 4.88 Å². The summed E-state index contributed by atoms with van der Waals surface area (Å²) in [4.78, 5) is 15.5. The van der Waals surface area contributed by atoms with E-state index in [1.54, 1.807) is 23.5 Å². The number of benzene rings is 1. The third kappa shape index (κ3) is 4.58. The third-order valence-corrected chi connectivity index (χ3v) is 4.49. The molecule has 22 heavy (non-hydrogen) atoms. The van der Waals surface area contributed by atoms with E-state index in [0.717, 1.165) is 13.1 Å². The normalized spacial score (nSPS) is 12.1. The van der Waals surface area contributed by atoms with Gasteiger partial charge in [-0.25, -0.2) is 4.79 Å². The van der Waals surface area contributed by atoms with Gasteiger partial charge in [0.15, 0.2) is 0 Å². The Kier molecular flexibility index (Phi) is 6.43. The average molecular weight is 318 g/mol. The molecule has 1 unspecified atom stereocenters. The van der Waals surface area contributed by atoms with Crippen molar-refractivity contribution in [2.24, 2.45) is 0 Å². The minimum absolute atomic E-state index is 0.179. The Morgan fingerprint density at radius 2 is 1.91 bits per heavy atom. The zero-order chi connectivity index (χ0) is 15.8. The van der Waals surface area contributed by atoms with E-state index in [1.807, 2.05) is 24.3 Å². The van der Waals surface area contributed by atoms with Gasteiger partial charge in [-0.1, -0.05) is 38.1 Å². The first-order valence-corrected chi connectivity index (χ1v) is 8.40. The Morgan fingerprint density at radius 1 is 1.18 bits per heavy atom. The van der Waals surface area contributed by atoms with Crippen LogP contribution in [0.25, 0.3) is 0 Å². The summed E-state index contributed by atoms with van der Waals surface area (Å²) in [5.41, 5.74) is 0. The molecular weight excluding hydrogens is 296 g/mol. The van der Waals surface area contributed by atoms with Crippen molar-refractivity contribution in [3.05, 3.63) is 52.7 Å². The number of thiophene rings is 1. The molecule has 0 spiro atoms. The van der Waals surface area contributed by atoms with Crippen molar-refractivity contribution in [2.45, 2.75) is 19.9 Å². The molecule has 0 saturated carbocycles. The predicted octanol–water partition coefficient (Wildman–Crippen LogP) is 3.92. The molecule has 4 nitrogen and oxygen atoms in total. The number of rotatable bonds is 7. The molecule has 1 N–H and O–H groups in total. The van der Waals surface area contributed by atoms with Crippen LogP contribution in [0.1, 0.15) is 24.8 Å². The van der Waals surface area contributed by atoms with E-state index < -0.39 is 6.09 Å². The number of likely N-dealkylation sites (N-methyl/N-ethyl adjacent to an activating group) is 1. The lowest BCUT2D eigenvalue weighted by molar-refractivity contribution is 0.185. The summed E-state index contributed by atoms with van der Waals surface area (Å²) in [6, 6.07) is 13.4. The number of ether oxygens (including phenoxy) is 1. The first-order valence-electron chi connectivity index (χ1n) is 7.52. The quantitative estimate of drug-likeness (QED) is 0.841. The number of hydrogen-bond acceptors (Lipinski definition) is 4. The van der Waals surface area contributed by atoms with Gasteiger partial charge < -0.3 is 10.1 Å². The average Bonchev–Trinajstić information content (AvgIpc) is 3.06.